The summed E-state index contributed by atoms with van der Waals surface area (Å²) >= 11 is 5.81. The fraction of sp³-hybridized carbons (Fsp3) is 0.333. The van der Waals surface area contributed by atoms with Crippen LogP contribution < -0.4 is 10.6 Å². The average molecular weight is 285 g/mol. The Balaban J connectivity index is 1.96. The molecule has 1 heterocycles. The molecule has 1 aromatic rings. The number of ether oxygens (including phenoxy) is 1. The van der Waals surface area contributed by atoms with E-state index in [4.69, 9.17) is 21.4 Å². The molecule has 0 aliphatic carbocycles. The second-order valence-corrected chi connectivity index (χ2v) is 4.57. The van der Waals surface area contributed by atoms with Crippen molar-refractivity contribution < 1.29 is 19.4 Å². The molecule has 2 amide bonds. The Kier molecular flexibility index (Phi) is 4.24. The van der Waals surface area contributed by atoms with Gasteiger partial charge in [0.15, 0.2) is 0 Å². The van der Waals surface area contributed by atoms with Crippen molar-refractivity contribution in [2.75, 3.05) is 18.5 Å². The minimum Gasteiger partial charge on any atom is -0.478 e. The summed E-state index contributed by atoms with van der Waals surface area (Å²) in [5.41, 5.74) is 0.434. The van der Waals surface area contributed by atoms with Gasteiger partial charge >= 0.3 is 12.0 Å². The molecule has 0 aromatic heterocycles. The van der Waals surface area contributed by atoms with Crippen molar-refractivity contribution >= 4 is 29.3 Å². The van der Waals surface area contributed by atoms with Gasteiger partial charge in [-0.1, -0.05) is 11.6 Å². The maximum absolute atomic E-state index is 11.7. The van der Waals surface area contributed by atoms with Crippen molar-refractivity contribution in [3.05, 3.63) is 28.8 Å². The average Bonchev–Trinajstić information content (AvgIpc) is 2.81. The first-order valence-electron chi connectivity index (χ1n) is 5.74. The first-order chi connectivity index (χ1) is 9.06. The van der Waals surface area contributed by atoms with Gasteiger partial charge in [0, 0.05) is 12.3 Å². The number of aromatic carboxylic acids is 1. The first kappa shape index (κ1) is 13.6. The van der Waals surface area contributed by atoms with Gasteiger partial charge in [-0.15, -0.1) is 0 Å². The summed E-state index contributed by atoms with van der Waals surface area (Å²) in [5.74, 6) is -1.11. The van der Waals surface area contributed by atoms with E-state index in [-0.39, 0.29) is 22.7 Å². The molecule has 1 aliphatic rings. The molecule has 102 valence electrons. The molecule has 19 heavy (non-hydrogen) atoms. The summed E-state index contributed by atoms with van der Waals surface area (Å²) in [4.78, 5) is 22.4. The van der Waals surface area contributed by atoms with Crippen LogP contribution in [0.3, 0.4) is 0 Å². The van der Waals surface area contributed by atoms with Crippen LogP contribution in [0.2, 0.25) is 5.02 Å². The molecule has 1 atom stereocenters. The highest BCUT2D eigenvalue weighted by Gasteiger charge is 2.18. The van der Waals surface area contributed by atoms with E-state index >= 15 is 0 Å². The van der Waals surface area contributed by atoms with Crippen molar-refractivity contribution in [2.45, 2.75) is 12.5 Å². The van der Waals surface area contributed by atoms with Crippen LogP contribution in [-0.4, -0.2) is 36.4 Å². The van der Waals surface area contributed by atoms with E-state index in [1.54, 1.807) is 0 Å². The molecule has 3 N–H and O–H groups in total. The fourth-order valence-corrected chi connectivity index (χ4v) is 2.03. The standard InChI is InChI=1S/C12H13ClN2O4/c13-10-5-7(1-2-9(10)11(16)17)14-12(18)15-8-3-4-19-6-8/h1-2,5,8H,3-4,6H2,(H,16,17)(H2,14,15,18). The molecule has 7 heteroatoms. The van der Waals surface area contributed by atoms with Crippen molar-refractivity contribution in [1.82, 2.24) is 5.32 Å². The molecule has 0 spiro atoms. The lowest BCUT2D eigenvalue weighted by Crippen LogP contribution is -2.38. The van der Waals surface area contributed by atoms with Crippen LogP contribution in [0, 0.1) is 0 Å². The largest absolute Gasteiger partial charge is 0.478 e. The van der Waals surface area contributed by atoms with Gasteiger partial charge in [-0.05, 0) is 24.6 Å². The number of benzene rings is 1. The molecule has 1 unspecified atom stereocenters. The first-order valence-corrected chi connectivity index (χ1v) is 6.12. The van der Waals surface area contributed by atoms with E-state index in [0.717, 1.165) is 6.42 Å². The fourth-order valence-electron chi connectivity index (χ4n) is 1.77. The minimum absolute atomic E-state index is 0.00295. The van der Waals surface area contributed by atoms with Gasteiger partial charge < -0.3 is 20.5 Å². The van der Waals surface area contributed by atoms with Crippen LogP contribution in [-0.2, 0) is 4.74 Å². The maximum Gasteiger partial charge on any atom is 0.337 e. The molecule has 1 aliphatic heterocycles. The van der Waals surface area contributed by atoms with Gasteiger partial charge in [0.25, 0.3) is 0 Å². The highest BCUT2D eigenvalue weighted by atomic mass is 35.5. The van der Waals surface area contributed by atoms with E-state index in [2.05, 4.69) is 10.6 Å². The number of carbonyl (C=O) groups excluding carboxylic acids is 1. The molecule has 0 radical (unpaired) electrons. The number of urea groups is 1. The summed E-state index contributed by atoms with van der Waals surface area (Å²) in [6.07, 6.45) is 0.784. The Hall–Kier alpha value is -1.79. The number of amides is 2. The van der Waals surface area contributed by atoms with Crippen LogP contribution in [0.15, 0.2) is 18.2 Å². The van der Waals surface area contributed by atoms with Crippen molar-refractivity contribution in [3.8, 4) is 0 Å². The Morgan fingerprint density at radius 2 is 2.21 bits per heavy atom. The summed E-state index contributed by atoms with van der Waals surface area (Å²) in [6.45, 7) is 1.15. The van der Waals surface area contributed by atoms with Crippen molar-refractivity contribution in [1.29, 1.82) is 0 Å². The lowest BCUT2D eigenvalue weighted by atomic mass is 10.2. The van der Waals surface area contributed by atoms with E-state index in [0.29, 0.717) is 18.9 Å². The third-order valence-electron chi connectivity index (χ3n) is 2.72. The van der Waals surface area contributed by atoms with Crippen molar-refractivity contribution in [2.24, 2.45) is 0 Å². The van der Waals surface area contributed by atoms with Crippen LogP contribution in [0.25, 0.3) is 0 Å². The highest BCUT2D eigenvalue weighted by Crippen LogP contribution is 2.21. The van der Waals surface area contributed by atoms with Gasteiger partial charge in [0.05, 0.1) is 23.2 Å². The smallest absolute Gasteiger partial charge is 0.337 e. The Morgan fingerprint density at radius 1 is 1.42 bits per heavy atom. The van der Waals surface area contributed by atoms with Crippen LogP contribution in [0.4, 0.5) is 10.5 Å². The van der Waals surface area contributed by atoms with Crippen LogP contribution in [0.5, 0.6) is 0 Å². The van der Waals surface area contributed by atoms with Gasteiger partial charge in [0.2, 0.25) is 0 Å². The summed E-state index contributed by atoms with van der Waals surface area (Å²) in [5, 5.41) is 14.3. The topological polar surface area (TPSA) is 87.7 Å². The van der Waals surface area contributed by atoms with Crippen LogP contribution in [0.1, 0.15) is 16.8 Å². The Bertz CT molecular complexity index is 501. The molecule has 1 fully saturated rings. The van der Waals surface area contributed by atoms with Crippen LogP contribution >= 0.6 is 11.6 Å². The van der Waals surface area contributed by atoms with Gasteiger partial charge in [-0.3, -0.25) is 0 Å². The number of halogens is 1. The molecule has 0 saturated carbocycles. The summed E-state index contributed by atoms with van der Waals surface area (Å²) in [7, 11) is 0. The van der Waals surface area contributed by atoms with E-state index in [1.807, 2.05) is 0 Å². The normalized spacial score (nSPS) is 18.1. The van der Waals surface area contributed by atoms with E-state index < -0.39 is 5.97 Å². The second-order valence-electron chi connectivity index (χ2n) is 4.16. The monoisotopic (exact) mass is 284 g/mol. The molecule has 0 bridgehead atoms. The van der Waals surface area contributed by atoms with Crippen molar-refractivity contribution in [3.63, 3.8) is 0 Å². The number of carbonyl (C=O) groups is 2. The van der Waals surface area contributed by atoms with E-state index in [1.165, 1.54) is 18.2 Å². The summed E-state index contributed by atoms with van der Waals surface area (Å²) in [6, 6.07) is 3.87. The number of hydrogen-bond acceptors (Lipinski definition) is 3. The lowest BCUT2D eigenvalue weighted by Gasteiger charge is -2.12. The zero-order valence-corrected chi connectivity index (χ0v) is 10.7. The van der Waals surface area contributed by atoms with Gasteiger partial charge in [-0.25, -0.2) is 9.59 Å². The highest BCUT2D eigenvalue weighted by molar-refractivity contribution is 6.33. The Morgan fingerprint density at radius 3 is 2.79 bits per heavy atom. The Labute approximate surface area is 114 Å². The third-order valence-corrected chi connectivity index (χ3v) is 3.03. The predicted octanol–water partition coefficient (Wildman–Crippen LogP) is 1.95. The zero-order valence-electron chi connectivity index (χ0n) is 9.98. The predicted molar refractivity (Wildman–Crippen MR) is 69.8 cm³/mol. The molecule has 2 rings (SSSR count). The molecule has 1 saturated heterocycles. The van der Waals surface area contributed by atoms with Gasteiger partial charge in [-0.2, -0.15) is 0 Å². The molecular weight excluding hydrogens is 272 g/mol. The SMILES string of the molecule is O=C(Nc1ccc(C(=O)O)c(Cl)c1)NC1CCOC1. The zero-order chi connectivity index (χ0) is 13.8. The minimum atomic E-state index is -1.11. The van der Waals surface area contributed by atoms with Gasteiger partial charge in [0.1, 0.15) is 0 Å². The van der Waals surface area contributed by atoms with E-state index in [9.17, 15) is 9.59 Å². The number of hydrogen-bond donors (Lipinski definition) is 3. The third kappa shape index (κ3) is 3.59. The summed E-state index contributed by atoms with van der Waals surface area (Å²) < 4.78 is 5.14. The molecular formula is C12H13ClN2O4. The second kappa shape index (κ2) is 5.90. The number of carboxylic acid groups (broad SMARTS) is 1. The quantitative estimate of drug-likeness (QED) is 0.791. The number of nitrogens with one attached hydrogen (secondary N) is 2. The molecule has 1 aromatic carbocycles. The number of rotatable bonds is 3. The molecule has 6 nitrogen and oxygen atoms in total. The maximum atomic E-state index is 11.7. The number of carboxylic acids is 1. The lowest BCUT2D eigenvalue weighted by molar-refractivity contribution is 0.0697. The number of anilines is 1.